The van der Waals surface area contributed by atoms with Crippen LogP contribution < -0.4 is 10.5 Å². The quantitative estimate of drug-likeness (QED) is 0.787. The van der Waals surface area contributed by atoms with Crippen molar-refractivity contribution in [3.8, 4) is 5.75 Å². The van der Waals surface area contributed by atoms with Crippen molar-refractivity contribution in [2.45, 2.75) is 19.8 Å². The van der Waals surface area contributed by atoms with Crippen LogP contribution in [0.3, 0.4) is 0 Å². The molecule has 15 heavy (non-hydrogen) atoms. The van der Waals surface area contributed by atoms with Gasteiger partial charge in [-0.15, -0.1) is 0 Å². The topological polar surface area (TPSA) is 55.5 Å². The predicted molar refractivity (Wildman–Crippen MR) is 61.3 cm³/mol. The summed E-state index contributed by atoms with van der Waals surface area (Å²) in [4.78, 5) is 0. The van der Waals surface area contributed by atoms with Crippen LogP contribution in [0.1, 0.15) is 22.6 Å². The van der Waals surface area contributed by atoms with Gasteiger partial charge in [0.25, 0.3) is 0 Å². The highest BCUT2D eigenvalue weighted by atomic mass is 16.5. The van der Waals surface area contributed by atoms with Gasteiger partial charge >= 0.3 is 0 Å². The Balaban J connectivity index is 3.20. The lowest BCUT2D eigenvalue weighted by atomic mass is 9.95. The van der Waals surface area contributed by atoms with E-state index in [0.717, 1.165) is 11.3 Å². The molecule has 1 aromatic rings. The van der Waals surface area contributed by atoms with Crippen LogP contribution in [0.25, 0.3) is 0 Å². The summed E-state index contributed by atoms with van der Waals surface area (Å²) >= 11 is 0. The zero-order chi connectivity index (χ0) is 11.4. The number of hydrogen-bond donors (Lipinski definition) is 2. The van der Waals surface area contributed by atoms with Gasteiger partial charge in [0.2, 0.25) is 0 Å². The Kier molecular flexibility index (Phi) is 4.12. The SMILES string of the molecule is COc1cc(C)c(C)cc1C(CN)CO. The number of ether oxygens (including phenoxy) is 1. The number of aliphatic hydroxyl groups is 1. The summed E-state index contributed by atoms with van der Waals surface area (Å²) in [6.45, 7) is 4.56. The Hall–Kier alpha value is -1.06. The number of rotatable bonds is 4. The maximum absolute atomic E-state index is 9.22. The number of benzene rings is 1. The first-order valence-electron chi connectivity index (χ1n) is 5.10. The highest BCUT2D eigenvalue weighted by Crippen LogP contribution is 2.29. The zero-order valence-electron chi connectivity index (χ0n) is 9.58. The monoisotopic (exact) mass is 209 g/mol. The standard InChI is InChI=1S/C12H19NO2/c1-8-4-11(10(6-13)7-14)12(15-3)5-9(8)2/h4-5,10,14H,6-7,13H2,1-3H3. The number of nitrogens with two attached hydrogens (primary N) is 1. The Labute approximate surface area is 90.9 Å². The van der Waals surface area contributed by atoms with E-state index in [9.17, 15) is 5.11 Å². The van der Waals surface area contributed by atoms with Crippen LogP contribution in [0.2, 0.25) is 0 Å². The van der Waals surface area contributed by atoms with Gasteiger partial charge in [-0.3, -0.25) is 0 Å². The molecule has 1 rings (SSSR count). The Bertz CT molecular complexity index is 333. The fraction of sp³-hybridized carbons (Fsp3) is 0.500. The molecule has 3 N–H and O–H groups in total. The lowest BCUT2D eigenvalue weighted by Gasteiger charge is -2.17. The minimum Gasteiger partial charge on any atom is -0.496 e. The molecule has 0 radical (unpaired) electrons. The molecule has 1 aromatic carbocycles. The van der Waals surface area contributed by atoms with Crippen LogP contribution in [0.15, 0.2) is 12.1 Å². The molecule has 0 bridgehead atoms. The molecule has 84 valence electrons. The molecular formula is C12H19NO2. The summed E-state index contributed by atoms with van der Waals surface area (Å²) in [6, 6.07) is 4.03. The molecule has 0 spiro atoms. The lowest BCUT2D eigenvalue weighted by Crippen LogP contribution is -2.17. The molecule has 1 atom stereocenters. The Morgan fingerprint density at radius 1 is 1.33 bits per heavy atom. The third-order valence-corrected chi connectivity index (χ3v) is 2.79. The van der Waals surface area contributed by atoms with Crippen molar-refractivity contribution >= 4 is 0 Å². The van der Waals surface area contributed by atoms with Gasteiger partial charge in [-0.25, -0.2) is 0 Å². The van der Waals surface area contributed by atoms with E-state index in [-0.39, 0.29) is 12.5 Å². The molecule has 0 aliphatic rings. The summed E-state index contributed by atoms with van der Waals surface area (Å²) in [5.41, 5.74) is 8.98. The fourth-order valence-corrected chi connectivity index (χ4v) is 1.61. The molecule has 0 heterocycles. The van der Waals surface area contributed by atoms with Crippen molar-refractivity contribution in [2.75, 3.05) is 20.3 Å². The van der Waals surface area contributed by atoms with E-state index in [1.165, 1.54) is 11.1 Å². The second-order valence-corrected chi connectivity index (χ2v) is 3.79. The van der Waals surface area contributed by atoms with Gasteiger partial charge in [0.05, 0.1) is 13.7 Å². The van der Waals surface area contributed by atoms with Gasteiger partial charge in [0.1, 0.15) is 5.75 Å². The van der Waals surface area contributed by atoms with Crippen molar-refractivity contribution < 1.29 is 9.84 Å². The first kappa shape index (κ1) is 12.0. The van der Waals surface area contributed by atoms with E-state index in [1.54, 1.807) is 7.11 Å². The highest BCUT2D eigenvalue weighted by molar-refractivity contribution is 5.43. The fourth-order valence-electron chi connectivity index (χ4n) is 1.61. The Morgan fingerprint density at radius 2 is 1.93 bits per heavy atom. The molecule has 0 aliphatic heterocycles. The van der Waals surface area contributed by atoms with Crippen molar-refractivity contribution in [3.63, 3.8) is 0 Å². The minimum atomic E-state index is -0.0424. The lowest BCUT2D eigenvalue weighted by molar-refractivity contribution is 0.264. The van der Waals surface area contributed by atoms with E-state index in [2.05, 4.69) is 0 Å². The molecule has 0 saturated heterocycles. The van der Waals surface area contributed by atoms with Crippen LogP contribution in [-0.2, 0) is 0 Å². The third kappa shape index (κ3) is 2.49. The third-order valence-electron chi connectivity index (χ3n) is 2.79. The largest absolute Gasteiger partial charge is 0.496 e. The van der Waals surface area contributed by atoms with Crippen LogP contribution in [0.5, 0.6) is 5.75 Å². The first-order valence-corrected chi connectivity index (χ1v) is 5.10. The average Bonchev–Trinajstić information content (AvgIpc) is 2.24. The highest BCUT2D eigenvalue weighted by Gasteiger charge is 2.14. The Morgan fingerprint density at radius 3 is 2.40 bits per heavy atom. The van der Waals surface area contributed by atoms with Gasteiger partial charge in [0, 0.05) is 18.0 Å². The van der Waals surface area contributed by atoms with Crippen molar-refractivity contribution in [1.82, 2.24) is 0 Å². The molecule has 0 aliphatic carbocycles. The van der Waals surface area contributed by atoms with Crippen LogP contribution >= 0.6 is 0 Å². The number of methoxy groups -OCH3 is 1. The molecule has 0 amide bonds. The normalized spacial score (nSPS) is 12.6. The summed E-state index contributed by atoms with van der Waals surface area (Å²) in [5, 5.41) is 9.22. The number of aliphatic hydroxyl groups excluding tert-OH is 1. The second kappa shape index (κ2) is 5.14. The van der Waals surface area contributed by atoms with E-state index in [4.69, 9.17) is 10.5 Å². The van der Waals surface area contributed by atoms with Crippen molar-refractivity contribution in [1.29, 1.82) is 0 Å². The molecular weight excluding hydrogens is 190 g/mol. The van der Waals surface area contributed by atoms with Gasteiger partial charge in [-0.1, -0.05) is 6.07 Å². The summed E-state index contributed by atoms with van der Waals surface area (Å²) < 4.78 is 5.30. The van der Waals surface area contributed by atoms with E-state index in [0.29, 0.717) is 6.54 Å². The van der Waals surface area contributed by atoms with Crippen LogP contribution in [-0.4, -0.2) is 25.4 Å². The van der Waals surface area contributed by atoms with Crippen LogP contribution in [0.4, 0.5) is 0 Å². The number of aryl methyl sites for hydroxylation is 2. The molecule has 0 fully saturated rings. The van der Waals surface area contributed by atoms with Crippen molar-refractivity contribution in [2.24, 2.45) is 5.73 Å². The molecule has 3 nitrogen and oxygen atoms in total. The molecule has 0 aromatic heterocycles. The van der Waals surface area contributed by atoms with Crippen LogP contribution in [0, 0.1) is 13.8 Å². The summed E-state index contributed by atoms with van der Waals surface area (Å²) in [5.74, 6) is 0.766. The van der Waals surface area contributed by atoms with Crippen molar-refractivity contribution in [3.05, 3.63) is 28.8 Å². The predicted octanol–water partition coefficient (Wildman–Crippen LogP) is 1.35. The number of hydrogen-bond acceptors (Lipinski definition) is 3. The van der Waals surface area contributed by atoms with Gasteiger partial charge in [-0.2, -0.15) is 0 Å². The van der Waals surface area contributed by atoms with E-state index >= 15 is 0 Å². The zero-order valence-corrected chi connectivity index (χ0v) is 9.58. The van der Waals surface area contributed by atoms with E-state index in [1.807, 2.05) is 26.0 Å². The maximum atomic E-state index is 9.22. The van der Waals surface area contributed by atoms with E-state index < -0.39 is 0 Å². The average molecular weight is 209 g/mol. The van der Waals surface area contributed by atoms with Gasteiger partial charge in [0.15, 0.2) is 0 Å². The smallest absolute Gasteiger partial charge is 0.122 e. The molecule has 0 saturated carbocycles. The second-order valence-electron chi connectivity index (χ2n) is 3.79. The molecule has 1 unspecified atom stereocenters. The summed E-state index contributed by atoms with van der Waals surface area (Å²) in [7, 11) is 1.64. The minimum absolute atomic E-state index is 0.0424. The first-order chi connectivity index (χ1) is 7.13. The summed E-state index contributed by atoms with van der Waals surface area (Å²) in [6.07, 6.45) is 0. The van der Waals surface area contributed by atoms with Gasteiger partial charge < -0.3 is 15.6 Å². The van der Waals surface area contributed by atoms with Gasteiger partial charge in [-0.05, 0) is 31.0 Å². The molecule has 3 heteroatoms. The maximum Gasteiger partial charge on any atom is 0.122 e.